The van der Waals surface area contributed by atoms with Gasteiger partial charge in [0.15, 0.2) is 0 Å². The minimum atomic E-state index is -4.22. The number of nitrogens with zero attached hydrogens (tertiary/aromatic N) is 1. The summed E-state index contributed by atoms with van der Waals surface area (Å²) in [6.07, 6.45) is -1.92. The van der Waals surface area contributed by atoms with Crippen LogP contribution in [0.4, 0.5) is 8.78 Å². The normalized spacial score (nSPS) is 12.1. The van der Waals surface area contributed by atoms with E-state index in [0.29, 0.717) is 0 Å². The molecule has 0 aliphatic carbocycles. The molecular formula is C7H5Cl2F2NO2S. The number of hydrogen-bond acceptors (Lipinski definition) is 3. The first-order valence-electron chi connectivity index (χ1n) is 3.64. The van der Waals surface area contributed by atoms with Crippen LogP contribution in [0.3, 0.4) is 0 Å². The molecule has 0 spiro atoms. The Morgan fingerprint density at radius 1 is 1.47 bits per heavy atom. The number of hydrogen-bond donors (Lipinski definition) is 0. The van der Waals surface area contributed by atoms with Gasteiger partial charge in [0.1, 0.15) is 0 Å². The molecule has 0 amide bonds. The van der Waals surface area contributed by atoms with Gasteiger partial charge >= 0.3 is 0 Å². The summed E-state index contributed by atoms with van der Waals surface area (Å²) in [5.74, 6) is -0.306. The Kier molecular flexibility index (Phi) is 3.86. The predicted molar refractivity (Wildman–Crippen MR) is 51.8 cm³/mol. The molecule has 0 radical (unpaired) electrons. The molecule has 84 valence electrons. The molecule has 0 saturated heterocycles. The number of pyridine rings is 1. The lowest BCUT2D eigenvalue weighted by Crippen LogP contribution is -2.04. The first kappa shape index (κ1) is 12.6. The Labute approximate surface area is 94.4 Å². The van der Waals surface area contributed by atoms with Gasteiger partial charge in [-0.3, -0.25) is 4.98 Å². The summed E-state index contributed by atoms with van der Waals surface area (Å²) in [5.41, 5.74) is -0.920. The first-order valence-corrected chi connectivity index (χ1v) is 6.49. The fourth-order valence-corrected chi connectivity index (χ4v) is 2.36. The van der Waals surface area contributed by atoms with Gasteiger partial charge in [0.25, 0.3) is 15.5 Å². The van der Waals surface area contributed by atoms with E-state index in [0.717, 1.165) is 12.3 Å². The van der Waals surface area contributed by atoms with E-state index in [1.54, 1.807) is 0 Å². The molecular weight excluding hydrogens is 271 g/mol. The van der Waals surface area contributed by atoms with E-state index in [9.17, 15) is 17.2 Å². The highest BCUT2D eigenvalue weighted by atomic mass is 35.7. The summed E-state index contributed by atoms with van der Waals surface area (Å²) in [4.78, 5) is 2.91. The number of alkyl halides is 3. The van der Waals surface area contributed by atoms with Crippen molar-refractivity contribution < 1.29 is 17.2 Å². The van der Waals surface area contributed by atoms with Crippen molar-refractivity contribution in [1.29, 1.82) is 0 Å². The van der Waals surface area contributed by atoms with Gasteiger partial charge in [-0.15, -0.1) is 11.6 Å². The second-order valence-corrected chi connectivity index (χ2v) is 5.34. The molecule has 0 bridgehead atoms. The van der Waals surface area contributed by atoms with Crippen LogP contribution in [0.2, 0.25) is 0 Å². The summed E-state index contributed by atoms with van der Waals surface area (Å²) in [6.45, 7) is 0. The third-order valence-corrected chi connectivity index (χ3v) is 3.27. The van der Waals surface area contributed by atoms with Crippen LogP contribution < -0.4 is 0 Å². The number of aromatic nitrogens is 1. The Morgan fingerprint density at radius 3 is 2.47 bits per heavy atom. The van der Waals surface area contributed by atoms with E-state index < -0.39 is 25.9 Å². The smallest absolute Gasteiger partial charge is 0.259 e. The second kappa shape index (κ2) is 4.59. The SMILES string of the molecule is O=S(=O)(Cl)c1ccnc(CCl)c1C(F)F. The van der Waals surface area contributed by atoms with Gasteiger partial charge < -0.3 is 0 Å². The maximum atomic E-state index is 12.6. The van der Waals surface area contributed by atoms with Gasteiger partial charge in [-0.2, -0.15) is 0 Å². The van der Waals surface area contributed by atoms with Gasteiger partial charge in [-0.25, -0.2) is 17.2 Å². The molecule has 1 aromatic heterocycles. The van der Waals surface area contributed by atoms with Crippen LogP contribution in [-0.4, -0.2) is 13.4 Å². The average Bonchev–Trinajstić information content (AvgIpc) is 2.15. The molecule has 1 heterocycles. The monoisotopic (exact) mass is 275 g/mol. The van der Waals surface area contributed by atoms with Crippen LogP contribution in [0.5, 0.6) is 0 Å². The highest BCUT2D eigenvalue weighted by Gasteiger charge is 2.25. The summed E-state index contributed by atoms with van der Waals surface area (Å²) in [7, 11) is 0.787. The molecule has 0 N–H and O–H groups in total. The number of rotatable bonds is 3. The third kappa shape index (κ3) is 2.76. The van der Waals surface area contributed by atoms with Crippen LogP contribution in [-0.2, 0) is 14.9 Å². The highest BCUT2D eigenvalue weighted by Crippen LogP contribution is 2.31. The second-order valence-electron chi connectivity index (χ2n) is 2.54. The Hall–Kier alpha value is -0.460. The molecule has 15 heavy (non-hydrogen) atoms. The van der Waals surface area contributed by atoms with Gasteiger partial charge in [-0.1, -0.05) is 0 Å². The van der Waals surface area contributed by atoms with Crippen molar-refractivity contribution in [1.82, 2.24) is 4.98 Å². The summed E-state index contributed by atoms with van der Waals surface area (Å²) >= 11 is 5.36. The lowest BCUT2D eigenvalue weighted by molar-refractivity contribution is 0.146. The van der Waals surface area contributed by atoms with Gasteiger partial charge in [0.05, 0.1) is 22.0 Å². The topological polar surface area (TPSA) is 47.0 Å². The summed E-state index contributed by atoms with van der Waals surface area (Å²) < 4.78 is 47.1. The standard InChI is InChI=1S/C7H5Cl2F2NO2S/c8-3-4-6(7(10)11)5(1-2-12-4)15(9,13)14/h1-2,7H,3H2. The lowest BCUT2D eigenvalue weighted by atomic mass is 10.2. The molecule has 0 saturated carbocycles. The molecule has 0 fully saturated rings. The molecule has 0 aliphatic rings. The van der Waals surface area contributed by atoms with Crippen molar-refractivity contribution in [3.05, 3.63) is 23.5 Å². The van der Waals surface area contributed by atoms with E-state index in [1.807, 2.05) is 0 Å². The molecule has 0 atom stereocenters. The first-order chi connectivity index (χ1) is 6.88. The fourth-order valence-electron chi connectivity index (χ4n) is 1.05. The largest absolute Gasteiger partial charge is 0.266 e. The molecule has 0 unspecified atom stereocenters. The minimum absolute atomic E-state index is 0.187. The van der Waals surface area contributed by atoms with Gasteiger partial charge in [-0.05, 0) is 6.07 Å². The van der Waals surface area contributed by atoms with Crippen LogP contribution in [0.1, 0.15) is 17.7 Å². The zero-order chi connectivity index (χ0) is 11.6. The van der Waals surface area contributed by atoms with E-state index >= 15 is 0 Å². The minimum Gasteiger partial charge on any atom is -0.259 e. The lowest BCUT2D eigenvalue weighted by Gasteiger charge is -2.08. The molecule has 0 aromatic carbocycles. The highest BCUT2D eigenvalue weighted by molar-refractivity contribution is 8.13. The van der Waals surface area contributed by atoms with Crippen LogP contribution in [0, 0.1) is 0 Å². The van der Waals surface area contributed by atoms with Crippen molar-refractivity contribution in [2.75, 3.05) is 0 Å². The Morgan fingerprint density at radius 2 is 2.07 bits per heavy atom. The fraction of sp³-hybridized carbons (Fsp3) is 0.286. The van der Waals surface area contributed by atoms with E-state index in [4.69, 9.17) is 22.3 Å². The molecule has 0 aliphatic heterocycles. The van der Waals surface area contributed by atoms with E-state index in [2.05, 4.69) is 4.98 Å². The molecule has 1 aromatic rings. The van der Waals surface area contributed by atoms with E-state index in [-0.39, 0.29) is 11.6 Å². The number of halogens is 4. The van der Waals surface area contributed by atoms with E-state index in [1.165, 1.54) is 0 Å². The van der Waals surface area contributed by atoms with Crippen molar-refractivity contribution in [3.63, 3.8) is 0 Å². The summed E-state index contributed by atoms with van der Waals surface area (Å²) in [6, 6.07) is 0.917. The van der Waals surface area contributed by atoms with Crippen LogP contribution in [0.15, 0.2) is 17.2 Å². The van der Waals surface area contributed by atoms with Crippen LogP contribution >= 0.6 is 22.3 Å². The molecule has 3 nitrogen and oxygen atoms in total. The maximum Gasteiger partial charge on any atom is 0.266 e. The third-order valence-electron chi connectivity index (χ3n) is 1.64. The van der Waals surface area contributed by atoms with Gasteiger partial charge in [0.2, 0.25) is 0 Å². The maximum absolute atomic E-state index is 12.6. The quantitative estimate of drug-likeness (QED) is 0.630. The van der Waals surface area contributed by atoms with Crippen molar-refractivity contribution >= 4 is 31.3 Å². The predicted octanol–water partition coefficient (Wildman–Crippen LogP) is 2.69. The zero-order valence-electron chi connectivity index (χ0n) is 7.12. The van der Waals surface area contributed by atoms with Gasteiger partial charge in [0, 0.05) is 16.9 Å². The van der Waals surface area contributed by atoms with Crippen molar-refractivity contribution in [2.45, 2.75) is 17.2 Å². The Bertz CT molecular complexity index is 464. The average molecular weight is 276 g/mol. The van der Waals surface area contributed by atoms with Crippen LogP contribution in [0.25, 0.3) is 0 Å². The van der Waals surface area contributed by atoms with Crippen molar-refractivity contribution in [3.8, 4) is 0 Å². The Balaban J connectivity index is 3.53. The molecule has 1 rings (SSSR count). The zero-order valence-corrected chi connectivity index (χ0v) is 9.45. The van der Waals surface area contributed by atoms with Crippen molar-refractivity contribution in [2.24, 2.45) is 0 Å². The molecule has 8 heteroatoms. The summed E-state index contributed by atoms with van der Waals surface area (Å²) in [5, 5.41) is 0.